The summed E-state index contributed by atoms with van der Waals surface area (Å²) in [5, 5.41) is 14.9. The van der Waals surface area contributed by atoms with Gasteiger partial charge in [0.1, 0.15) is 0 Å². The number of rotatable bonds is 4. The zero-order valence-electron chi connectivity index (χ0n) is 10.3. The first-order valence-corrected chi connectivity index (χ1v) is 6.79. The van der Waals surface area contributed by atoms with Crippen LogP contribution in [0.25, 0.3) is 11.5 Å². The van der Waals surface area contributed by atoms with E-state index < -0.39 is 5.97 Å². The summed E-state index contributed by atoms with van der Waals surface area (Å²) in [6, 6.07) is 10.4. The Hall–Kier alpha value is -2.47. The fraction of sp³-hybridized carbons (Fsp3) is 0.0714. The molecule has 1 aromatic carbocycles. The van der Waals surface area contributed by atoms with E-state index in [4.69, 9.17) is 9.63 Å². The fourth-order valence-corrected chi connectivity index (χ4v) is 2.50. The van der Waals surface area contributed by atoms with Crippen molar-refractivity contribution in [2.45, 2.75) is 6.42 Å². The van der Waals surface area contributed by atoms with E-state index in [2.05, 4.69) is 10.1 Å². The summed E-state index contributed by atoms with van der Waals surface area (Å²) >= 11 is 1.63. The molecule has 2 aromatic heterocycles. The van der Waals surface area contributed by atoms with E-state index in [0.717, 1.165) is 4.88 Å². The largest absolute Gasteiger partial charge is 0.478 e. The standard InChI is InChI=1S/C14H10N2O3S/c17-14(18)10-4-1-3-9(7-10)13-15-12(16-19-13)8-11-5-2-6-20-11/h1-7H,8H2,(H,17,18). The Balaban J connectivity index is 1.86. The molecule has 0 aliphatic carbocycles. The third-order valence-electron chi connectivity index (χ3n) is 2.74. The fourth-order valence-electron chi connectivity index (χ4n) is 1.80. The quantitative estimate of drug-likeness (QED) is 0.797. The van der Waals surface area contributed by atoms with E-state index in [0.29, 0.717) is 23.7 Å². The Kier molecular flexibility index (Phi) is 3.30. The van der Waals surface area contributed by atoms with Crippen LogP contribution in [0.15, 0.2) is 46.3 Å². The van der Waals surface area contributed by atoms with Gasteiger partial charge in [-0.1, -0.05) is 17.3 Å². The van der Waals surface area contributed by atoms with Gasteiger partial charge in [-0.15, -0.1) is 11.3 Å². The van der Waals surface area contributed by atoms with Gasteiger partial charge in [0, 0.05) is 16.9 Å². The van der Waals surface area contributed by atoms with E-state index in [1.807, 2.05) is 17.5 Å². The highest BCUT2D eigenvalue weighted by molar-refractivity contribution is 7.09. The monoisotopic (exact) mass is 286 g/mol. The zero-order chi connectivity index (χ0) is 13.9. The molecule has 20 heavy (non-hydrogen) atoms. The van der Waals surface area contributed by atoms with Crippen LogP contribution in [-0.2, 0) is 6.42 Å². The molecule has 2 heterocycles. The van der Waals surface area contributed by atoms with Crippen LogP contribution in [0, 0.1) is 0 Å². The molecule has 0 radical (unpaired) electrons. The van der Waals surface area contributed by atoms with E-state index in [1.54, 1.807) is 23.5 Å². The summed E-state index contributed by atoms with van der Waals surface area (Å²) in [6.45, 7) is 0. The maximum atomic E-state index is 10.9. The van der Waals surface area contributed by atoms with Gasteiger partial charge in [-0.05, 0) is 29.6 Å². The van der Waals surface area contributed by atoms with Gasteiger partial charge in [0.05, 0.1) is 5.56 Å². The van der Waals surface area contributed by atoms with Crippen LogP contribution in [0.5, 0.6) is 0 Å². The number of hydrogen-bond acceptors (Lipinski definition) is 5. The highest BCUT2D eigenvalue weighted by Crippen LogP contribution is 2.20. The molecule has 0 aliphatic rings. The van der Waals surface area contributed by atoms with Gasteiger partial charge >= 0.3 is 5.97 Å². The van der Waals surface area contributed by atoms with Gasteiger partial charge in [0.2, 0.25) is 0 Å². The van der Waals surface area contributed by atoms with Crippen LogP contribution >= 0.6 is 11.3 Å². The summed E-state index contributed by atoms with van der Waals surface area (Å²) in [4.78, 5) is 16.4. The number of aromatic nitrogens is 2. The second kappa shape index (κ2) is 5.26. The van der Waals surface area contributed by atoms with Crippen molar-refractivity contribution in [1.82, 2.24) is 10.1 Å². The SMILES string of the molecule is O=C(O)c1cccc(-c2nc(Cc3cccs3)no2)c1. The predicted octanol–water partition coefficient (Wildman–Crippen LogP) is 3.09. The molecule has 0 fully saturated rings. The molecule has 0 saturated heterocycles. The number of thiophene rings is 1. The van der Waals surface area contributed by atoms with Crippen molar-refractivity contribution in [3.8, 4) is 11.5 Å². The molecule has 6 heteroatoms. The lowest BCUT2D eigenvalue weighted by Gasteiger charge is -1.96. The van der Waals surface area contributed by atoms with Crippen LogP contribution < -0.4 is 0 Å². The van der Waals surface area contributed by atoms with Crippen LogP contribution in [0.1, 0.15) is 21.1 Å². The van der Waals surface area contributed by atoms with Crippen molar-refractivity contribution in [1.29, 1.82) is 0 Å². The second-order valence-electron chi connectivity index (χ2n) is 4.16. The van der Waals surface area contributed by atoms with E-state index in [-0.39, 0.29) is 5.56 Å². The van der Waals surface area contributed by atoms with Crippen molar-refractivity contribution in [3.05, 3.63) is 58.0 Å². The van der Waals surface area contributed by atoms with Crippen molar-refractivity contribution in [3.63, 3.8) is 0 Å². The number of carboxylic acid groups (broad SMARTS) is 1. The lowest BCUT2D eigenvalue weighted by Crippen LogP contribution is -1.95. The minimum atomic E-state index is -0.981. The van der Waals surface area contributed by atoms with Crippen LogP contribution in [0.3, 0.4) is 0 Å². The van der Waals surface area contributed by atoms with Crippen LogP contribution in [0.2, 0.25) is 0 Å². The van der Waals surface area contributed by atoms with Gasteiger partial charge in [-0.25, -0.2) is 4.79 Å². The summed E-state index contributed by atoms with van der Waals surface area (Å²) in [7, 11) is 0. The molecule has 0 atom stereocenters. The lowest BCUT2D eigenvalue weighted by molar-refractivity contribution is 0.0697. The summed E-state index contributed by atoms with van der Waals surface area (Å²) in [6.07, 6.45) is 0.611. The minimum Gasteiger partial charge on any atom is -0.478 e. The molecular weight excluding hydrogens is 276 g/mol. The summed E-state index contributed by atoms with van der Waals surface area (Å²) < 4.78 is 5.18. The normalized spacial score (nSPS) is 10.6. The first-order valence-electron chi connectivity index (χ1n) is 5.91. The molecule has 0 bridgehead atoms. The molecule has 0 unspecified atom stereocenters. The number of hydrogen-bond donors (Lipinski definition) is 1. The molecule has 0 aliphatic heterocycles. The van der Waals surface area contributed by atoms with E-state index in [9.17, 15) is 4.79 Å². The van der Waals surface area contributed by atoms with Gasteiger partial charge in [0.15, 0.2) is 5.82 Å². The topological polar surface area (TPSA) is 76.2 Å². The Morgan fingerprint density at radius 1 is 1.30 bits per heavy atom. The molecular formula is C14H10N2O3S. The van der Waals surface area contributed by atoms with Gasteiger partial charge in [-0.3, -0.25) is 0 Å². The van der Waals surface area contributed by atoms with Crippen LogP contribution in [-0.4, -0.2) is 21.2 Å². The Morgan fingerprint density at radius 3 is 2.95 bits per heavy atom. The van der Waals surface area contributed by atoms with Crippen molar-refractivity contribution >= 4 is 17.3 Å². The van der Waals surface area contributed by atoms with Crippen molar-refractivity contribution in [2.24, 2.45) is 0 Å². The maximum absolute atomic E-state index is 10.9. The molecule has 5 nitrogen and oxygen atoms in total. The average molecular weight is 286 g/mol. The summed E-state index contributed by atoms with van der Waals surface area (Å²) in [5.41, 5.74) is 0.801. The van der Waals surface area contributed by atoms with E-state index in [1.165, 1.54) is 12.1 Å². The van der Waals surface area contributed by atoms with Gasteiger partial charge in [-0.2, -0.15) is 4.98 Å². The molecule has 1 N–H and O–H groups in total. The molecule has 3 rings (SSSR count). The van der Waals surface area contributed by atoms with E-state index >= 15 is 0 Å². The molecule has 0 amide bonds. The Morgan fingerprint density at radius 2 is 2.20 bits per heavy atom. The number of aromatic carboxylic acids is 1. The Labute approximate surface area is 118 Å². The van der Waals surface area contributed by atoms with Gasteiger partial charge in [0.25, 0.3) is 5.89 Å². The smallest absolute Gasteiger partial charge is 0.335 e. The zero-order valence-corrected chi connectivity index (χ0v) is 11.1. The second-order valence-corrected chi connectivity index (χ2v) is 5.19. The molecule has 0 saturated carbocycles. The number of carboxylic acids is 1. The summed E-state index contributed by atoms with van der Waals surface area (Å²) in [5.74, 6) is -0.0620. The average Bonchev–Trinajstić information content (AvgIpc) is 3.11. The third-order valence-corrected chi connectivity index (χ3v) is 3.61. The first kappa shape index (κ1) is 12.6. The molecule has 3 aromatic rings. The highest BCUT2D eigenvalue weighted by atomic mass is 32.1. The molecule has 0 spiro atoms. The minimum absolute atomic E-state index is 0.195. The first-order chi connectivity index (χ1) is 9.72. The van der Waals surface area contributed by atoms with Crippen LogP contribution in [0.4, 0.5) is 0 Å². The predicted molar refractivity (Wildman–Crippen MR) is 73.8 cm³/mol. The number of benzene rings is 1. The number of carbonyl (C=O) groups is 1. The van der Waals surface area contributed by atoms with Crippen molar-refractivity contribution < 1.29 is 14.4 Å². The Bertz CT molecular complexity index is 734. The number of nitrogens with zero attached hydrogens (tertiary/aromatic N) is 2. The van der Waals surface area contributed by atoms with Crippen molar-refractivity contribution in [2.75, 3.05) is 0 Å². The highest BCUT2D eigenvalue weighted by Gasteiger charge is 2.11. The molecule has 100 valence electrons. The third kappa shape index (κ3) is 2.60. The van der Waals surface area contributed by atoms with Gasteiger partial charge < -0.3 is 9.63 Å². The lowest BCUT2D eigenvalue weighted by atomic mass is 10.1. The maximum Gasteiger partial charge on any atom is 0.335 e.